The lowest BCUT2D eigenvalue weighted by Gasteiger charge is -2.32. The van der Waals surface area contributed by atoms with Crippen molar-refractivity contribution in [3.05, 3.63) is 33.8 Å². The summed E-state index contributed by atoms with van der Waals surface area (Å²) >= 11 is 12.3. The first kappa shape index (κ1) is 14.1. The molecule has 2 rings (SSSR count). The molecule has 1 saturated heterocycles. The van der Waals surface area contributed by atoms with Crippen LogP contribution in [0.15, 0.2) is 18.2 Å². The largest absolute Gasteiger partial charge is 0.380 e. The molecule has 1 aromatic rings. The molecule has 5 heteroatoms. The number of ether oxygens (including phenoxy) is 1. The molecule has 1 aliphatic rings. The van der Waals surface area contributed by atoms with Gasteiger partial charge in [-0.2, -0.15) is 0 Å². The minimum Gasteiger partial charge on any atom is -0.380 e. The minimum atomic E-state index is 0.0721. The van der Waals surface area contributed by atoms with Crippen molar-refractivity contribution < 1.29 is 4.74 Å². The lowest BCUT2D eigenvalue weighted by Crippen LogP contribution is -2.39. The van der Waals surface area contributed by atoms with Gasteiger partial charge < -0.3 is 10.5 Å². The molecule has 1 heterocycles. The van der Waals surface area contributed by atoms with Crippen molar-refractivity contribution in [1.29, 1.82) is 0 Å². The number of nitrogens with two attached hydrogens (primary N) is 1. The number of hydrogen-bond acceptors (Lipinski definition) is 3. The highest BCUT2D eigenvalue weighted by atomic mass is 35.5. The SMILES string of the molecule is CN(C1CCOC1)C(CN)c1cccc(Cl)c1Cl. The van der Waals surface area contributed by atoms with Gasteiger partial charge in [-0.25, -0.2) is 0 Å². The maximum Gasteiger partial charge on any atom is 0.0640 e. The zero-order chi connectivity index (χ0) is 13.1. The van der Waals surface area contributed by atoms with Crippen LogP contribution in [0.25, 0.3) is 0 Å². The molecule has 2 N–H and O–H groups in total. The predicted octanol–water partition coefficient (Wildman–Crippen LogP) is 2.71. The van der Waals surface area contributed by atoms with Crippen LogP contribution in [0.1, 0.15) is 18.0 Å². The lowest BCUT2D eigenvalue weighted by molar-refractivity contribution is 0.134. The molecule has 0 amide bonds. The van der Waals surface area contributed by atoms with E-state index >= 15 is 0 Å². The monoisotopic (exact) mass is 288 g/mol. The Balaban J connectivity index is 2.24. The van der Waals surface area contributed by atoms with Crippen LogP contribution in [0.3, 0.4) is 0 Å². The fourth-order valence-corrected chi connectivity index (χ4v) is 2.82. The molecular weight excluding hydrogens is 271 g/mol. The molecule has 100 valence electrons. The standard InChI is InChI=1S/C13H18Cl2N2O/c1-17(9-5-6-18-8-9)12(7-16)10-3-2-4-11(14)13(10)15/h2-4,9,12H,5-8,16H2,1H3. The summed E-state index contributed by atoms with van der Waals surface area (Å²) in [6, 6.07) is 6.15. The average Bonchev–Trinajstić information content (AvgIpc) is 2.89. The molecule has 18 heavy (non-hydrogen) atoms. The number of nitrogens with zero attached hydrogens (tertiary/aromatic N) is 1. The van der Waals surface area contributed by atoms with Crippen LogP contribution in [0, 0.1) is 0 Å². The van der Waals surface area contributed by atoms with Crippen molar-refractivity contribution in [1.82, 2.24) is 4.90 Å². The van der Waals surface area contributed by atoms with Gasteiger partial charge in [-0.3, -0.25) is 4.90 Å². The fourth-order valence-electron chi connectivity index (χ4n) is 2.39. The molecule has 2 unspecified atom stereocenters. The Kier molecular flexibility index (Phi) is 4.87. The maximum absolute atomic E-state index is 6.27. The number of likely N-dealkylation sites (N-methyl/N-ethyl adjacent to an activating group) is 1. The Bertz CT molecular complexity index is 408. The van der Waals surface area contributed by atoms with Gasteiger partial charge in [0, 0.05) is 25.2 Å². The topological polar surface area (TPSA) is 38.5 Å². The molecule has 3 nitrogen and oxygen atoms in total. The molecule has 0 aromatic heterocycles. The highest BCUT2D eigenvalue weighted by Gasteiger charge is 2.27. The summed E-state index contributed by atoms with van der Waals surface area (Å²) in [4.78, 5) is 2.24. The molecular formula is C13H18Cl2N2O. The second kappa shape index (κ2) is 6.22. The average molecular weight is 289 g/mol. The minimum absolute atomic E-state index is 0.0721. The third-order valence-electron chi connectivity index (χ3n) is 3.54. The van der Waals surface area contributed by atoms with Crippen molar-refractivity contribution in [3.8, 4) is 0 Å². The van der Waals surface area contributed by atoms with Crippen LogP contribution < -0.4 is 5.73 Å². The number of rotatable bonds is 4. The van der Waals surface area contributed by atoms with E-state index in [9.17, 15) is 0 Å². The van der Waals surface area contributed by atoms with Gasteiger partial charge in [0.1, 0.15) is 0 Å². The first-order valence-corrected chi connectivity index (χ1v) is 6.84. The third kappa shape index (κ3) is 2.81. The molecule has 1 aliphatic heterocycles. The summed E-state index contributed by atoms with van der Waals surface area (Å²) in [6.07, 6.45) is 1.03. The number of halogens is 2. The van der Waals surface area contributed by atoms with E-state index in [4.69, 9.17) is 33.7 Å². The zero-order valence-corrected chi connectivity index (χ0v) is 11.9. The van der Waals surface area contributed by atoms with Crippen LogP contribution >= 0.6 is 23.2 Å². The van der Waals surface area contributed by atoms with Gasteiger partial charge >= 0.3 is 0 Å². The quantitative estimate of drug-likeness (QED) is 0.926. The Morgan fingerprint density at radius 2 is 2.28 bits per heavy atom. The van der Waals surface area contributed by atoms with Gasteiger partial charge in [-0.15, -0.1) is 0 Å². The summed E-state index contributed by atoms with van der Waals surface area (Å²) in [5.41, 5.74) is 6.90. The smallest absolute Gasteiger partial charge is 0.0640 e. The summed E-state index contributed by atoms with van der Waals surface area (Å²) in [5, 5.41) is 1.17. The van der Waals surface area contributed by atoms with E-state index in [1.807, 2.05) is 12.1 Å². The van der Waals surface area contributed by atoms with Crippen LogP contribution in [0.2, 0.25) is 10.0 Å². The van der Waals surface area contributed by atoms with E-state index in [-0.39, 0.29) is 6.04 Å². The molecule has 0 bridgehead atoms. The summed E-state index contributed by atoms with van der Waals surface area (Å²) in [5.74, 6) is 0. The van der Waals surface area contributed by atoms with Gasteiger partial charge in [0.2, 0.25) is 0 Å². The molecule has 1 aromatic carbocycles. The second-order valence-corrected chi connectivity index (χ2v) is 5.36. The third-order valence-corrected chi connectivity index (χ3v) is 4.37. The normalized spacial score (nSPS) is 21.5. The van der Waals surface area contributed by atoms with E-state index in [1.54, 1.807) is 6.07 Å². The van der Waals surface area contributed by atoms with E-state index in [1.165, 1.54) is 0 Å². The second-order valence-electron chi connectivity index (χ2n) is 4.58. The summed E-state index contributed by atoms with van der Waals surface area (Å²) < 4.78 is 5.42. The van der Waals surface area contributed by atoms with Crippen LogP contribution in [0.4, 0.5) is 0 Å². The fraction of sp³-hybridized carbons (Fsp3) is 0.538. The predicted molar refractivity (Wildman–Crippen MR) is 75.2 cm³/mol. The maximum atomic E-state index is 6.27. The van der Waals surface area contributed by atoms with Crippen molar-refractivity contribution in [2.24, 2.45) is 5.73 Å². The molecule has 1 fully saturated rings. The summed E-state index contributed by atoms with van der Waals surface area (Å²) in [6.45, 7) is 2.08. The van der Waals surface area contributed by atoms with Crippen molar-refractivity contribution in [3.63, 3.8) is 0 Å². The van der Waals surface area contributed by atoms with Gasteiger partial charge in [-0.1, -0.05) is 35.3 Å². The van der Waals surface area contributed by atoms with Crippen LogP contribution in [-0.4, -0.2) is 37.7 Å². The van der Waals surface area contributed by atoms with Crippen molar-refractivity contribution in [2.45, 2.75) is 18.5 Å². The highest BCUT2D eigenvalue weighted by molar-refractivity contribution is 6.42. The summed E-state index contributed by atoms with van der Waals surface area (Å²) in [7, 11) is 2.06. The van der Waals surface area contributed by atoms with Crippen LogP contribution in [-0.2, 0) is 4.74 Å². The molecule has 0 radical (unpaired) electrons. The van der Waals surface area contributed by atoms with Gasteiger partial charge in [-0.05, 0) is 25.1 Å². The molecule has 0 saturated carbocycles. The highest BCUT2D eigenvalue weighted by Crippen LogP contribution is 2.33. The molecule has 2 atom stereocenters. The lowest BCUT2D eigenvalue weighted by atomic mass is 10.0. The number of hydrogen-bond donors (Lipinski definition) is 1. The first-order valence-electron chi connectivity index (χ1n) is 6.08. The van der Waals surface area contributed by atoms with Gasteiger partial charge in [0.25, 0.3) is 0 Å². The van der Waals surface area contributed by atoms with Crippen molar-refractivity contribution >= 4 is 23.2 Å². The zero-order valence-electron chi connectivity index (χ0n) is 10.4. The van der Waals surface area contributed by atoms with E-state index in [2.05, 4.69) is 11.9 Å². The van der Waals surface area contributed by atoms with Gasteiger partial charge in [0.05, 0.1) is 16.7 Å². The Morgan fingerprint density at radius 3 is 2.89 bits per heavy atom. The van der Waals surface area contributed by atoms with Crippen molar-refractivity contribution in [2.75, 3.05) is 26.8 Å². The van der Waals surface area contributed by atoms with E-state index in [0.717, 1.165) is 25.2 Å². The Hall–Kier alpha value is -0.320. The molecule has 0 spiro atoms. The Labute approximate surface area is 118 Å². The van der Waals surface area contributed by atoms with E-state index in [0.29, 0.717) is 22.6 Å². The van der Waals surface area contributed by atoms with Crippen LogP contribution in [0.5, 0.6) is 0 Å². The number of benzene rings is 1. The first-order chi connectivity index (χ1) is 8.65. The van der Waals surface area contributed by atoms with E-state index < -0.39 is 0 Å². The molecule has 0 aliphatic carbocycles. The Morgan fingerprint density at radius 1 is 1.50 bits per heavy atom. The van der Waals surface area contributed by atoms with Gasteiger partial charge in [0.15, 0.2) is 0 Å².